The summed E-state index contributed by atoms with van der Waals surface area (Å²) in [6, 6.07) is 16.4. The molecule has 0 unspecified atom stereocenters. The quantitative estimate of drug-likeness (QED) is 0.377. The summed E-state index contributed by atoms with van der Waals surface area (Å²) in [4.78, 5) is 27.2. The fraction of sp³-hybridized carbons (Fsp3) is 0.259. The predicted molar refractivity (Wildman–Crippen MR) is 145 cm³/mol. The van der Waals surface area contributed by atoms with E-state index >= 15 is 0 Å². The summed E-state index contributed by atoms with van der Waals surface area (Å²) in [7, 11) is -3.53. The van der Waals surface area contributed by atoms with Gasteiger partial charge in [0.2, 0.25) is 5.91 Å². The lowest BCUT2D eigenvalue weighted by Gasteiger charge is -2.29. The Labute approximate surface area is 221 Å². The Bertz CT molecular complexity index is 1400. The van der Waals surface area contributed by atoms with Gasteiger partial charge >= 0.3 is 6.03 Å². The molecule has 3 aromatic rings. The average Bonchev–Trinajstić information content (AvgIpc) is 2.80. The van der Waals surface area contributed by atoms with Gasteiger partial charge in [-0.2, -0.15) is 0 Å². The van der Waals surface area contributed by atoms with Crippen LogP contribution in [0.4, 0.5) is 20.6 Å². The Kier molecular flexibility index (Phi) is 8.60. The van der Waals surface area contributed by atoms with Crippen LogP contribution in [-0.4, -0.2) is 44.6 Å². The number of urea groups is 1. The van der Waals surface area contributed by atoms with Crippen LogP contribution in [-0.2, 0) is 14.6 Å². The number of rotatable bonds is 7. The van der Waals surface area contributed by atoms with Gasteiger partial charge in [0.25, 0.3) is 0 Å². The third-order valence-corrected chi connectivity index (χ3v) is 6.63. The molecule has 0 radical (unpaired) electrons. The van der Waals surface area contributed by atoms with Crippen molar-refractivity contribution in [3.05, 3.63) is 77.6 Å². The molecule has 0 aliphatic heterocycles. The molecule has 0 saturated heterocycles. The highest BCUT2D eigenvalue weighted by Crippen LogP contribution is 2.30. The lowest BCUT2D eigenvalue weighted by Crippen LogP contribution is -2.44. The van der Waals surface area contributed by atoms with Gasteiger partial charge in [-0.05, 0) is 53.4 Å². The third kappa shape index (κ3) is 8.03. The van der Waals surface area contributed by atoms with Crippen LogP contribution in [0.1, 0.15) is 20.8 Å². The Hall–Kier alpha value is -3.43. The number of anilines is 2. The normalized spacial score (nSPS) is 11.6. The molecule has 37 heavy (non-hydrogen) atoms. The van der Waals surface area contributed by atoms with Crippen LogP contribution in [0.25, 0.3) is 11.1 Å². The summed E-state index contributed by atoms with van der Waals surface area (Å²) in [6.45, 7) is 5.75. The number of hydrogen-bond donors (Lipinski definition) is 2. The van der Waals surface area contributed by atoms with E-state index in [9.17, 15) is 22.4 Å². The molecule has 0 heterocycles. The maximum Gasteiger partial charge on any atom is 0.322 e. The highest BCUT2D eigenvalue weighted by atomic mass is 35.5. The molecule has 10 heteroatoms. The monoisotopic (exact) mass is 545 g/mol. The minimum atomic E-state index is -3.53. The van der Waals surface area contributed by atoms with Crippen LogP contribution in [0, 0.1) is 11.2 Å². The Morgan fingerprint density at radius 3 is 2.22 bits per heavy atom. The van der Waals surface area contributed by atoms with E-state index in [1.807, 2.05) is 20.8 Å². The molecule has 0 aliphatic rings. The highest BCUT2D eigenvalue weighted by Gasteiger charge is 2.24. The zero-order valence-electron chi connectivity index (χ0n) is 21.0. The lowest BCUT2D eigenvalue weighted by atomic mass is 9.96. The first kappa shape index (κ1) is 28.1. The fourth-order valence-electron chi connectivity index (χ4n) is 3.68. The van der Waals surface area contributed by atoms with Gasteiger partial charge in [-0.3, -0.25) is 4.79 Å². The van der Waals surface area contributed by atoms with E-state index in [1.54, 1.807) is 42.5 Å². The Morgan fingerprint density at radius 2 is 1.62 bits per heavy atom. The number of carbonyl (C=O) groups excluding carboxylic acids is 2. The van der Waals surface area contributed by atoms with Gasteiger partial charge in [-0.1, -0.05) is 56.6 Å². The molecular weight excluding hydrogens is 517 g/mol. The number of nitrogens with zero attached hydrogens (tertiary/aromatic N) is 1. The smallest absolute Gasteiger partial charge is 0.322 e. The summed E-state index contributed by atoms with van der Waals surface area (Å²) >= 11 is 5.90. The molecule has 0 saturated carbocycles. The molecule has 0 aromatic heterocycles. The first-order valence-electron chi connectivity index (χ1n) is 11.4. The molecule has 3 amide bonds. The van der Waals surface area contributed by atoms with Gasteiger partial charge in [0.15, 0.2) is 9.84 Å². The van der Waals surface area contributed by atoms with Crippen molar-refractivity contribution >= 4 is 44.8 Å². The van der Waals surface area contributed by atoms with Crippen LogP contribution in [0.5, 0.6) is 0 Å². The van der Waals surface area contributed by atoms with Crippen molar-refractivity contribution in [2.24, 2.45) is 5.41 Å². The second kappa shape index (κ2) is 11.3. The van der Waals surface area contributed by atoms with E-state index in [2.05, 4.69) is 10.6 Å². The number of nitrogens with one attached hydrogen (secondary N) is 2. The average molecular weight is 546 g/mol. The topological polar surface area (TPSA) is 95.6 Å². The molecule has 3 aromatic carbocycles. The maximum absolute atomic E-state index is 14.9. The van der Waals surface area contributed by atoms with E-state index in [4.69, 9.17) is 11.6 Å². The van der Waals surface area contributed by atoms with Crippen LogP contribution in [0.2, 0.25) is 5.02 Å². The molecular formula is C27H29ClFN3O4S. The van der Waals surface area contributed by atoms with Crippen LogP contribution in [0.3, 0.4) is 0 Å². The summed E-state index contributed by atoms with van der Waals surface area (Å²) < 4.78 is 39.2. The molecule has 0 spiro atoms. The molecule has 3 rings (SSSR count). The van der Waals surface area contributed by atoms with Crippen molar-refractivity contribution in [2.45, 2.75) is 25.7 Å². The van der Waals surface area contributed by atoms with E-state index in [0.29, 0.717) is 21.8 Å². The van der Waals surface area contributed by atoms with Crippen LogP contribution < -0.4 is 10.6 Å². The molecule has 196 valence electrons. The van der Waals surface area contributed by atoms with E-state index in [0.717, 1.165) is 6.26 Å². The zero-order chi connectivity index (χ0) is 27.4. The van der Waals surface area contributed by atoms with Crippen molar-refractivity contribution in [1.82, 2.24) is 4.90 Å². The lowest BCUT2D eigenvalue weighted by molar-refractivity contribution is -0.116. The van der Waals surface area contributed by atoms with Gasteiger partial charge in [-0.25, -0.2) is 17.6 Å². The summed E-state index contributed by atoms with van der Waals surface area (Å²) in [5.41, 5.74) is 0.840. The van der Waals surface area contributed by atoms with Gasteiger partial charge < -0.3 is 15.5 Å². The first-order valence-corrected chi connectivity index (χ1v) is 13.7. The number of carbonyl (C=O) groups is 2. The van der Waals surface area contributed by atoms with Crippen molar-refractivity contribution < 1.29 is 22.4 Å². The van der Waals surface area contributed by atoms with Crippen LogP contribution in [0.15, 0.2) is 71.6 Å². The number of hydrogen-bond acceptors (Lipinski definition) is 4. The summed E-state index contributed by atoms with van der Waals surface area (Å²) in [6.07, 6.45) is 1.09. The molecule has 2 N–H and O–H groups in total. The number of halogens is 2. The van der Waals surface area contributed by atoms with E-state index < -0.39 is 27.6 Å². The maximum atomic E-state index is 14.9. The highest BCUT2D eigenvalue weighted by molar-refractivity contribution is 7.90. The molecule has 7 nitrogen and oxygen atoms in total. The summed E-state index contributed by atoms with van der Waals surface area (Å²) in [5, 5.41) is 5.77. The minimum absolute atomic E-state index is 0.0794. The van der Waals surface area contributed by atoms with Crippen molar-refractivity contribution in [1.29, 1.82) is 0 Å². The van der Waals surface area contributed by atoms with Crippen molar-refractivity contribution in [3.63, 3.8) is 0 Å². The van der Waals surface area contributed by atoms with Crippen molar-refractivity contribution in [3.8, 4) is 11.1 Å². The Balaban J connectivity index is 1.77. The number of benzene rings is 3. The second-order valence-corrected chi connectivity index (χ2v) is 12.3. The largest absolute Gasteiger partial charge is 0.322 e. The molecule has 0 atom stereocenters. The second-order valence-electron chi connectivity index (χ2n) is 9.86. The SMILES string of the molecule is CC(C)(C)CN(CC(=O)Nc1ccc(-c2ccccc2S(C)(=O)=O)cc1F)C(=O)Nc1ccc(Cl)cc1. The van der Waals surface area contributed by atoms with E-state index in [1.165, 1.54) is 29.2 Å². The molecule has 0 bridgehead atoms. The van der Waals surface area contributed by atoms with Gasteiger partial charge in [0.1, 0.15) is 12.4 Å². The van der Waals surface area contributed by atoms with Gasteiger partial charge in [0, 0.05) is 29.1 Å². The van der Waals surface area contributed by atoms with Gasteiger partial charge in [0.05, 0.1) is 10.6 Å². The minimum Gasteiger partial charge on any atom is -0.322 e. The molecule has 0 fully saturated rings. The van der Waals surface area contributed by atoms with Gasteiger partial charge in [-0.15, -0.1) is 0 Å². The molecule has 0 aliphatic carbocycles. The van der Waals surface area contributed by atoms with Crippen molar-refractivity contribution in [2.75, 3.05) is 30.0 Å². The Morgan fingerprint density at radius 1 is 0.973 bits per heavy atom. The predicted octanol–water partition coefficient (Wildman–Crippen LogP) is 6.07. The number of sulfone groups is 1. The standard InChI is InChI=1S/C27H29ClFN3O4S/c1-27(2,3)17-32(26(34)30-20-12-10-19(28)11-13-20)16-25(33)31-23-14-9-18(15-22(23)29)21-7-5-6-8-24(21)37(4,35)36/h5-15H,16-17H2,1-4H3,(H,30,34)(H,31,33). The zero-order valence-corrected chi connectivity index (χ0v) is 22.6. The van der Waals surface area contributed by atoms with Crippen LogP contribution >= 0.6 is 11.6 Å². The van der Waals surface area contributed by atoms with E-state index in [-0.39, 0.29) is 29.1 Å². The summed E-state index contributed by atoms with van der Waals surface area (Å²) in [5.74, 6) is -1.32. The fourth-order valence-corrected chi connectivity index (χ4v) is 4.72. The third-order valence-electron chi connectivity index (χ3n) is 5.22. The first-order chi connectivity index (χ1) is 17.2. The number of amides is 3.